The van der Waals surface area contributed by atoms with Crippen LogP contribution >= 0.6 is 11.3 Å². The van der Waals surface area contributed by atoms with Gasteiger partial charge in [-0.2, -0.15) is 0 Å². The van der Waals surface area contributed by atoms with Crippen molar-refractivity contribution in [3.63, 3.8) is 0 Å². The number of thiazole rings is 1. The summed E-state index contributed by atoms with van der Waals surface area (Å²) < 4.78 is 20.2. The van der Waals surface area contributed by atoms with Crippen molar-refractivity contribution in [3.05, 3.63) is 77.2 Å². The molecule has 0 radical (unpaired) electrons. The predicted molar refractivity (Wildman–Crippen MR) is 107 cm³/mol. The number of nitrogens with zero attached hydrogens (tertiary/aromatic N) is 2. The van der Waals surface area contributed by atoms with Crippen molar-refractivity contribution in [2.45, 2.75) is 13.0 Å². The van der Waals surface area contributed by atoms with Crippen LogP contribution in [0.2, 0.25) is 0 Å². The van der Waals surface area contributed by atoms with Gasteiger partial charge in [-0.3, -0.25) is 9.20 Å². The van der Waals surface area contributed by atoms with Gasteiger partial charge in [0.1, 0.15) is 11.6 Å². The van der Waals surface area contributed by atoms with Crippen LogP contribution in [0.4, 0.5) is 4.39 Å². The zero-order valence-electron chi connectivity index (χ0n) is 15.2. The van der Waals surface area contributed by atoms with Gasteiger partial charge in [0.2, 0.25) is 5.91 Å². The third kappa shape index (κ3) is 3.89. The van der Waals surface area contributed by atoms with Crippen LogP contribution < -0.4 is 10.1 Å². The fourth-order valence-electron chi connectivity index (χ4n) is 2.91. The molecule has 1 N–H and O–H groups in total. The van der Waals surface area contributed by atoms with Gasteiger partial charge in [0.25, 0.3) is 0 Å². The summed E-state index contributed by atoms with van der Waals surface area (Å²) in [4.78, 5) is 17.8. The van der Waals surface area contributed by atoms with E-state index in [9.17, 15) is 9.18 Å². The van der Waals surface area contributed by atoms with E-state index in [4.69, 9.17) is 4.74 Å². The molecule has 2 aromatic heterocycles. The lowest BCUT2D eigenvalue weighted by Crippen LogP contribution is -2.24. The van der Waals surface area contributed by atoms with Crippen molar-refractivity contribution in [1.82, 2.24) is 14.7 Å². The number of rotatable bonds is 6. The molecular weight excluding hydrogens is 377 g/mol. The molecule has 0 spiro atoms. The molecule has 2 aromatic carbocycles. The SMILES string of the molecule is COc1cccc(-c2cn3c(CC(=O)NCc4ccc(F)cc4)csc3n2)c1. The lowest BCUT2D eigenvalue weighted by molar-refractivity contribution is -0.120. The van der Waals surface area contributed by atoms with Gasteiger partial charge >= 0.3 is 0 Å². The molecule has 1 amide bonds. The number of benzene rings is 2. The topological polar surface area (TPSA) is 55.6 Å². The molecule has 0 aliphatic heterocycles. The summed E-state index contributed by atoms with van der Waals surface area (Å²) in [7, 11) is 1.63. The quantitative estimate of drug-likeness (QED) is 0.535. The molecule has 0 aliphatic rings. The number of carbonyl (C=O) groups excluding carboxylic acids is 1. The first-order chi connectivity index (χ1) is 13.6. The summed E-state index contributed by atoms with van der Waals surface area (Å²) in [5.74, 6) is 0.387. The Morgan fingerprint density at radius 2 is 2.07 bits per heavy atom. The number of imidazole rings is 1. The van der Waals surface area contributed by atoms with Crippen molar-refractivity contribution >= 4 is 22.2 Å². The summed E-state index contributed by atoms with van der Waals surface area (Å²) in [6, 6.07) is 13.8. The van der Waals surface area contributed by atoms with Crippen LogP contribution in [0.1, 0.15) is 11.3 Å². The van der Waals surface area contributed by atoms with Gasteiger partial charge in [0.05, 0.1) is 19.2 Å². The summed E-state index contributed by atoms with van der Waals surface area (Å²) in [6.45, 7) is 0.366. The number of methoxy groups -OCH3 is 1. The molecule has 142 valence electrons. The van der Waals surface area contributed by atoms with Gasteiger partial charge < -0.3 is 10.1 Å². The molecule has 4 rings (SSSR count). The fourth-order valence-corrected chi connectivity index (χ4v) is 3.78. The molecule has 0 bridgehead atoms. The van der Waals surface area contributed by atoms with E-state index in [-0.39, 0.29) is 18.1 Å². The highest BCUT2D eigenvalue weighted by molar-refractivity contribution is 7.15. The zero-order chi connectivity index (χ0) is 19.5. The van der Waals surface area contributed by atoms with Crippen LogP contribution in [-0.4, -0.2) is 22.4 Å². The Labute approximate surface area is 165 Å². The molecule has 0 aliphatic carbocycles. The van der Waals surface area contributed by atoms with E-state index in [0.29, 0.717) is 6.54 Å². The molecule has 0 saturated carbocycles. The maximum Gasteiger partial charge on any atom is 0.226 e. The molecular formula is C21H18FN3O2S. The standard InChI is InChI=1S/C21H18FN3O2S/c1-27-18-4-2-3-15(9-18)19-12-25-17(13-28-21(25)24-19)10-20(26)23-11-14-5-7-16(22)8-6-14/h2-9,12-13H,10-11H2,1H3,(H,23,26). The fraction of sp³-hybridized carbons (Fsp3) is 0.143. The third-order valence-corrected chi connectivity index (χ3v) is 5.28. The molecule has 0 unspecified atom stereocenters. The largest absolute Gasteiger partial charge is 0.497 e. The van der Waals surface area contributed by atoms with Crippen LogP contribution in [0, 0.1) is 5.82 Å². The van der Waals surface area contributed by atoms with E-state index >= 15 is 0 Å². The number of carbonyl (C=O) groups is 1. The van der Waals surface area contributed by atoms with Gasteiger partial charge in [0.15, 0.2) is 4.96 Å². The lowest BCUT2D eigenvalue weighted by Gasteiger charge is -2.05. The minimum Gasteiger partial charge on any atom is -0.497 e. The number of nitrogens with one attached hydrogen (secondary N) is 1. The first kappa shape index (κ1) is 18.2. The van der Waals surface area contributed by atoms with Gasteiger partial charge in [0, 0.05) is 29.4 Å². The smallest absolute Gasteiger partial charge is 0.226 e. The van der Waals surface area contributed by atoms with E-state index in [2.05, 4.69) is 10.3 Å². The number of aromatic nitrogens is 2. The number of hydrogen-bond donors (Lipinski definition) is 1. The van der Waals surface area contributed by atoms with E-state index in [0.717, 1.165) is 33.2 Å². The molecule has 4 aromatic rings. The van der Waals surface area contributed by atoms with Gasteiger partial charge in [-0.05, 0) is 29.8 Å². The predicted octanol–water partition coefficient (Wildman–Crippen LogP) is 4.07. The average molecular weight is 395 g/mol. The number of halogens is 1. The summed E-state index contributed by atoms with van der Waals surface area (Å²) in [5, 5.41) is 4.81. The normalized spacial score (nSPS) is 10.9. The number of ether oxygens (including phenoxy) is 1. The third-order valence-electron chi connectivity index (χ3n) is 4.39. The maximum absolute atomic E-state index is 13.0. The first-order valence-corrected chi connectivity index (χ1v) is 9.61. The minimum absolute atomic E-state index is 0.0966. The second kappa shape index (κ2) is 7.82. The van der Waals surface area contributed by atoms with Crippen molar-refractivity contribution in [1.29, 1.82) is 0 Å². The number of hydrogen-bond acceptors (Lipinski definition) is 4. The van der Waals surface area contributed by atoms with Crippen molar-refractivity contribution in [3.8, 4) is 17.0 Å². The second-order valence-electron chi connectivity index (χ2n) is 6.32. The van der Waals surface area contributed by atoms with Gasteiger partial charge in [-0.15, -0.1) is 11.3 Å². The molecule has 5 nitrogen and oxygen atoms in total. The van der Waals surface area contributed by atoms with Crippen molar-refractivity contribution < 1.29 is 13.9 Å². The van der Waals surface area contributed by atoms with Crippen LogP contribution in [0.3, 0.4) is 0 Å². The Morgan fingerprint density at radius 3 is 2.86 bits per heavy atom. The molecule has 0 fully saturated rings. The second-order valence-corrected chi connectivity index (χ2v) is 7.15. The number of amides is 1. The highest BCUT2D eigenvalue weighted by Gasteiger charge is 2.13. The van der Waals surface area contributed by atoms with E-state index < -0.39 is 0 Å². The highest BCUT2D eigenvalue weighted by atomic mass is 32.1. The zero-order valence-corrected chi connectivity index (χ0v) is 16.0. The monoisotopic (exact) mass is 395 g/mol. The van der Waals surface area contributed by atoms with E-state index in [1.807, 2.05) is 40.2 Å². The summed E-state index contributed by atoms with van der Waals surface area (Å²) in [6.07, 6.45) is 2.18. The number of fused-ring (bicyclic) bond motifs is 1. The summed E-state index contributed by atoms with van der Waals surface area (Å²) >= 11 is 1.50. The van der Waals surface area contributed by atoms with Gasteiger partial charge in [-0.25, -0.2) is 9.37 Å². The Morgan fingerprint density at radius 1 is 1.25 bits per heavy atom. The highest BCUT2D eigenvalue weighted by Crippen LogP contribution is 2.26. The molecule has 7 heteroatoms. The van der Waals surface area contributed by atoms with Crippen molar-refractivity contribution in [2.75, 3.05) is 7.11 Å². The Kier molecular flexibility index (Phi) is 5.08. The molecule has 0 atom stereocenters. The Balaban J connectivity index is 1.47. The van der Waals surface area contributed by atoms with E-state index in [1.54, 1.807) is 19.2 Å². The summed E-state index contributed by atoms with van der Waals surface area (Å²) in [5.41, 5.74) is 3.52. The Hall–Kier alpha value is -3.19. The van der Waals surface area contributed by atoms with Crippen LogP contribution in [0.5, 0.6) is 5.75 Å². The van der Waals surface area contributed by atoms with Crippen LogP contribution in [-0.2, 0) is 17.8 Å². The molecule has 28 heavy (non-hydrogen) atoms. The maximum atomic E-state index is 13.0. The molecule has 2 heterocycles. The average Bonchev–Trinajstić information content (AvgIpc) is 3.30. The lowest BCUT2D eigenvalue weighted by atomic mass is 10.1. The van der Waals surface area contributed by atoms with Crippen molar-refractivity contribution in [2.24, 2.45) is 0 Å². The Bertz CT molecular complexity index is 1120. The van der Waals surface area contributed by atoms with Crippen LogP contribution in [0.25, 0.3) is 16.2 Å². The van der Waals surface area contributed by atoms with E-state index in [1.165, 1.54) is 23.5 Å². The minimum atomic E-state index is -0.289. The van der Waals surface area contributed by atoms with Gasteiger partial charge in [-0.1, -0.05) is 24.3 Å². The van der Waals surface area contributed by atoms with Crippen LogP contribution in [0.15, 0.2) is 60.1 Å². The first-order valence-electron chi connectivity index (χ1n) is 8.73. The molecule has 0 saturated heterocycles.